The summed E-state index contributed by atoms with van der Waals surface area (Å²) in [6, 6.07) is 66.2. The molecule has 0 amide bonds. The Hall–Kier alpha value is -4.00. The fraction of sp³-hybridized carbons (Fsp3) is 0.0526. The fourth-order valence-corrected chi connectivity index (χ4v) is 7.89. The quantitative estimate of drug-likeness (QED) is 0.143. The Bertz CT molecular complexity index is 1280. The molecular weight excluding hydrogens is 537 g/mol. The maximum atomic E-state index is 2.29. The minimum Gasteiger partial charge on any atom is -0.344 e. The summed E-state index contributed by atoms with van der Waals surface area (Å²) >= 11 is 0. The summed E-state index contributed by atoms with van der Waals surface area (Å²) in [7, 11) is 1.21. The van der Waals surface area contributed by atoms with E-state index in [0.717, 1.165) is 0 Å². The number of rotatable bonds is 8. The molecule has 3 N–H and O–H groups in total. The normalized spacial score (nSPS) is 11.1. The zero-order valence-electron chi connectivity index (χ0n) is 22.9. The second-order valence-corrected chi connectivity index (χ2v) is 11.3. The van der Waals surface area contributed by atoms with Crippen molar-refractivity contribution in [2.24, 2.45) is 0 Å². The molecule has 0 aliphatic heterocycles. The predicted octanol–water partition coefficient (Wildman–Crippen LogP) is 10.5. The molecule has 6 rings (SSSR count). The fourth-order valence-electron chi connectivity index (χ4n) is 5.71. The van der Waals surface area contributed by atoms with Crippen LogP contribution in [0, 0.1) is 0 Å². The number of hydrogen-bond donors (Lipinski definition) is 1. The molecule has 3 heteroatoms. The summed E-state index contributed by atoms with van der Waals surface area (Å²) in [6.07, 6.45) is 0. The molecule has 1 radical (unpaired) electrons. The Kier molecular flexibility index (Phi) is 9.92. The average molecular weight is 571 g/mol. The third-order valence-electron chi connectivity index (χ3n) is 7.48. The maximum absolute atomic E-state index is 2.29. The molecule has 6 aromatic carbocycles. The van der Waals surface area contributed by atoms with Crippen LogP contribution in [0.4, 0.5) is 0 Å². The monoisotopic (exact) mass is 570 g/mol. The summed E-state index contributed by atoms with van der Waals surface area (Å²) < 4.78 is 0. The summed E-state index contributed by atoms with van der Waals surface area (Å²) in [4.78, 5) is 0. The molecule has 1 nitrogen and oxygen atoms in total. The largest absolute Gasteiger partial charge is 0.344 e. The summed E-state index contributed by atoms with van der Waals surface area (Å²) in [5.41, 5.74) is 7.65. The second kappa shape index (κ2) is 13.6. The van der Waals surface area contributed by atoms with Crippen molar-refractivity contribution in [1.82, 2.24) is 6.15 Å². The number of halogens is 1. The lowest BCUT2D eigenvalue weighted by Gasteiger charge is -2.45. The third kappa shape index (κ3) is 5.63. The average Bonchev–Trinajstić information content (AvgIpc) is 3.04. The Balaban J connectivity index is 0.00000194. The molecule has 0 aliphatic rings. The van der Waals surface area contributed by atoms with E-state index in [2.05, 4.69) is 182 Å². The van der Waals surface area contributed by atoms with Gasteiger partial charge in [-0.15, -0.1) is 12.4 Å². The Morgan fingerprint density at radius 2 is 0.415 bits per heavy atom. The highest BCUT2D eigenvalue weighted by Gasteiger charge is 2.48. The molecule has 0 aliphatic carbocycles. The third-order valence-corrected chi connectivity index (χ3v) is 9.70. The highest BCUT2D eigenvalue weighted by molar-refractivity contribution is 7.42. The lowest BCUT2D eigenvalue weighted by atomic mass is 9.82. The van der Waals surface area contributed by atoms with Crippen molar-refractivity contribution in [3.63, 3.8) is 0 Å². The van der Waals surface area contributed by atoms with Gasteiger partial charge in [0.2, 0.25) is 0 Å². The van der Waals surface area contributed by atoms with Gasteiger partial charge in [0.15, 0.2) is 0 Å². The molecule has 0 fully saturated rings. The van der Waals surface area contributed by atoms with E-state index in [9.17, 15) is 0 Å². The summed E-state index contributed by atoms with van der Waals surface area (Å²) in [5, 5.41) is -0.906. The summed E-state index contributed by atoms with van der Waals surface area (Å²) in [5.74, 6) is 0. The van der Waals surface area contributed by atoms with Gasteiger partial charge in [-0.3, -0.25) is 0 Å². The van der Waals surface area contributed by atoms with Crippen LogP contribution in [0.2, 0.25) is 0 Å². The highest BCUT2D eigenvalue weighted by Crippen LogP contribution is 2.65. The van der Waals surface area contributed by atoms with Crippen LogP contribution in [0.5, 0.6) is 0 Å². The van der Waals surface area contributed by atoms with Gasteiger partial charge < -0.3 is 6.15 Å². The Morgan fingerprint density at radius 1 is 0.268 bits per heavy atom. The van der Waals surface area contributed by atoms with Crippen LogP contribution < -0.4 is 6.15 Å². The van der Waals surface area contributed by atoms with Gasteiger partial charge in [-0.05, 0) is 42.0 Å². The maximum Gasteiger partial charge on any atom is 0.0704 e. The predicted molar refractivity (Wildman–Crippen MR) is 178 cm³/mol. The summed E-state index contributed by atoms with van der Waals surface area (Å²) in [6.45, 7) is 0. The van der Waals surface area contributed by atoms with Gasteiger partial charge in [0.1, 0.15) is 0 Å². The van der Waals surface area contributed by atoms with Gasteiger partial charge in [-0.1, -0.05) is 182 Å². The smallest absolute Gasteiger partial charge is 0.0704 e. The molecule has 203 valence electrons. The minimum absolute atomic E-state index is 0. The topological polar surface area (TPSA) is 35.0 Å². The number of benzene rings is 6. The van der Waals surface area contributed by atoms with Crippen molar-refractivity contribution in [3.05, 3.63) is 215 Å². The van der Waals surface area contributed by atoms with E-state index < -0.39 is 10.3 Å². The van der Waals surface area contributed by atoms with E-state index in [1.807, 2.05) is 0 Å². The zero-order valence-corrected chi connectivity index (χ0v) is 24.6. The molecule has 0 saturated carbocycles. The Labute approximate surface area is 252 Å². The van der Waals surface area contributed by atoms with Crippen LogP contribution in [-0.4, -0.2) is 0 Å². The van der Waals surface area contributed by atoms with Crippen molar-refractivity contribution in [3.8, 4) is 0 Å². The van der Waals surface area contributed by atoms with Gasteiger partial charge in [-0.2, -0.15) is 0 Å². The number of hydrogen-bond acceptors (Lipinski definition) is 1. The van der Waals surface area contributed by atoms with Crippen LogP contribution in [0.25, 0.3) is 0 Å². The van der Waals surface area contributed by atoms with Gasteiger partial charge >= 0.3 is 0 Å². The van der Waals surface area contributed by atoms with Crippen molar-refractivity contribution in [2.75, 3.05) is 0 Å². The molecule has 0 saturated heterocycles. The van der Waals surface area contributed by atoms with E-state index >= 15 is 0 Å². The minimum atomic E-state index is -0.453. The standard InChI is InChI=1S/C38H30P.ClH.H3N/c1-7-19-31(20-8-1)37(32-21-9-2-10-22-32,33-23-11-3-12-24-33)39-38(34-25-13-4-14-26-34,35-27-15-5-16-28-35)36-29-17-6-18-30-36;;/h1-30H;1H;1H3. The van der Waals surface area contributed by atoms with E-state index in [1.54, 1.807) is 0 Å². The van der Waals surface area contributed by atoms with Crippen molar-refractivity contribution < 1.29 is 0 Å². The van der Waals surface area contributed by atoms with Gasteiger partial charge in [0.05, 0.1) is 10.3 Å². The van der Waals surface area contributed by atoms with E-state index in [1.165, 1.54) is 42.0 Å². The molecular formula is C38H34ClNP. The van der Waals surface area contributed by atoms with Crippen LogP contribution >= 0.6 is 21.0 Å². The Morgan fingerprint density at radius 3 is 0.561 bits per heavy atom. The van der Waals surface area contributed by atoms with Gasteiger partial charge in [0.25, 0.3) is 0 Å². The molecule has 6 aromatic rings. The molecule has 0 heterocycles. The second-order valence-electron chi connectivity index (χ2n) is 9.73. The molecule has 41 heavy (non-hydrogen) atoms. The molecule has 0 atom stereocenters. The van der Waals surface area contributed by atoms with Crippen molar-refractivity contribution in [2.45, 2.75) is 10.3 Å². The van der Waals surface area contributed by atoms with Crippen LogP contribution in [0.1, 0.15) is 33.4 Å². The van der Waals surface area contributed by atoms with Crippen LogP contribution in [0.15, 0.2) is 182 Å². The SMILES string of the molecule is Cl.N.c1ccc(C([P]C(c2ccccc2)(c2ccccc2)c2ccccc2)(c2ccccc2)c2ccccc2)cc1. The highest BCUT2D eigenvalue weighted by atomic mass is 35.5. The van der Waals surface area contributed by atoms with Crippen molar-refractivity contribution >= 4 is 21.0 Å². The first-order valence-corrected chi connectivity index (χ1v) is 14.3. The van der Waals surface area contributed by atoms with E-state index in [-0.39, 0.29) is 18.6 Å². The molecule has 0 spiro atoms. The van der Waals surface area contributed by atoms with Crippen LogP contribution in [0.3, 0.4) is 0 Å². The molecule has 0 unspecified atom stereocenters. The zero-order chi connectivity index (χ0) is 26.4. The van der Waals surface area contributed by atoms with Crippen LogP contribution in [-0.2, 0) is 10.3 Å². The molecule has 0 bridgehead atoms. The molecule has 0 aromatic heterocycles. The van der Waals surface area contributed by atoms with E-state index in [4.69, 9.17) is 0 Å². The van der Waals surface area contributed by atoms with Gasteiger partial charge in [-0.25, -0.2) is 0 Å². The first-order chi connectivity index (χ1) is 19.3. The first kappa shape index (κ1) is 30.0. The van der Waals surface area contributed by atoms with Gasteiger partial charge in [0, 0.05) is 0 Å². The van der Waals surface area contributed by atoms with Crippen molar-refractivity contribution in [1.29, 1.82) is 0 Å². The lowest BCUT2D eigenvalue weighted by Crippen LogP contribution is -2.34. The first-order valence-electron chi connectivity index (χ1n) is 13.4. The lowest BCUT2D eigenvalue weighted by molar-refractivity contribution is 0.815. The van der Waals surface area contributed by atoms with E-state index in [0.29, 0.717) is 0 Å².